The number of thiocarbonyl (C=S) groups is 1. The van der Waals surface area contributed by atoms with E-state index >= 15 is 0 Å². The molecule has 144 valence electrons. The van der Waals surface area contributed by atoms with Crippen molar-refractivity contribution in [3.63, 3.8) is 0 Å². The number of hydrogen-bond acceptors (Lipinski definition) is 7. The van der Waals surface area contributed by atoms with Crippen molar-refractivity contribution >= 4 is 45.1 Å². The smallest absolute Gasteiger partial charge is 0.233 e. The van der Waals surface area contributed by atoms with Crippen LogP contribution in [0.1, 0.15) is 0 Å². The number of aromatic nitrogens is 2. The van der Waals surface area contributed by atoms with Gasteiger partial charge in [-0.05, 0) is 12.1 Å². The Hall–Kier alpha value is -1.97. The third-order valence-corrected chi connectivity index (χ3v) is 5.81. The average Bonchev–Trinajstić information content (AvgIpc) is 2.70. The summed E-state index contributed by atoms with van der Waals surface area (Å²) in [5, 5.41) is 0.859. The molecular formula is C18H22N4O3S2. The molecule has 2 aromatic rings. The highest BCUT2D eigenvalue weighted by Crippen LogP contribution is 2.21. The molecule has 1 aromatic heterocycles. The molecule has 0 aliphatic carbocycles. The Labute approximate surface area is 168 Å². The van der Waals surface area contributed by atoms with Crippen LogP contribution in [-0.2, 0) is 9.53 Å². The highest BCUT2D eigenvalue weighted by molar-refractivity contribution is 8.23. The number of fused-ring (bicyclic) bond motifs is 1. The fourth-order valence-corrected chi connectivity index (χ4v) is 3.52. The molecule has 0 saturated carbocycles. The van der Waals surface area contributed by atoms with Crippen molar-refractivity contribution in [2.75, 3.05) is 46.2 Å². The summed E-state index contributed by atoms with van der Waals surface area (Å²) < 4.78 is 12.3. The van der Waals surface area contributed by atoms with Gasteiger partial charge in [0, 0.05) is 20.6 Å². The molecule has 1 aromatic carbocycles. The van der Waals surface area contributed by atoms with Gasteiger partial charge in [0.2, 0.25) is 11.8 Å². The lowest BCUT2D eigenvalue weighted by atomic mass is 10.2. The molecule has 27 heavy (non-hydrogen) atoms. The Morgan fingerprint density at radius 2 is 2.22 bits per heavy atom. The minimum Gasteiger partial charge on any atom is -0.474 e. The Kier molecular flexibility index (Phi) is 6.81. The van der Waals surface area contributed by atoms with Crippen LogP contribution in [0.5, 0.6) is 5.88 Å². The van der Waals surface area contributed by atoms with Crippen molar-refractivity contribution < 1.29 is 14.3 Å². The van der Waals surface area contributed by atoms with Crippen molar-refractivity contribution in [1.29, 1.82) is 0 Å². The molecule has 0 radical (unpaired) electrons. The summed E-state index contributed by atoms with van der Waals surface area (Å²) in [4.78, 5) is 24.5. The van der Waals surface area contributed by atoms with Crippen LogP contribution in [0.4, 0.5) is 0 Å². The molecule has 1 unspecified atom stereocenters. The van der Waals surface area contributed by atoms with Crippen LogP contribution in [0, 0.1) is 0 Å². The van der Waals surface area contributed by atoms with Gasteiger partial charge in [-0.1, -0.05) is 36.1 Å². The summed E-state index contributed by atoms with van der Waals surface area (Å²) in [6, 6.07) is 7.68. The molecule has 1 atom stereocenters. The van der Waals surface area contributed by atoms with Crippen LogP contribution in [-0.4, -0.2) is 82.3 Å². The third-order valence-electron chi connectivity index (χ3n) is 4.09. The van der Waals surface area contributed by atoms with Crippen molar-refractivity contribution in [3.8, 4) is 5.88 Å². The number of amides is 1. The van der Waals surface area contributed by atoms with Crippen LogP contribution < -0.4 is 4.74 Å². The summed E-state index contributed by atoms with van der Waals surface area (Å²) in [5.74, 6) is 0.922. The summed E-state index contributed by atoms with van der Waals surface area (Å²) in [7, 11) is 3.75. The molecule has 9 heteroatoms. The predicted molar refractivity (Wildman–Crippen MR) is 110 cm³/mol. The summed E-state index contributed by atoms with van der Waals surface area (Å²) >= 11 is 6.59. The number of nitrogens with zero attached hydrogens (tertiary/aromatic N) is 4. The van der Waals surface area contributed by atoms with E-state index in [0.717, 1.165) is 10.9 Å². The predicted octanol–water partition coefficient (Wildman–Crippen LogP) is 1.82. The first-order valence-electron chi connectivity index (χ1n) is 8.60. The monoisotopic (exact) mass is 406 g/mol. The van der Waals surface area contributed by atoms with E-state index in [1.165, 1.54) is 18.1 Å². The number of rotatable bonds is 5. The maximum atomic E-state index is 12.4. The fraction of sp³-hybridized carbons (Fsp3) is 0.444. The third kappa shape index (κ3) is 5.27. The lowest BCUT2D eigenvalue weighted by molar-refractivity contribution is -0.137. The molecule has 1 amide bonds. The van der Waals surface area contributed by atoms with Crippen LogP contribution >= 0.6 is 24.0 Å². The Morgan fingerprint density at radius 1 is 1.41 bits per heavy atom. The van der Waals surface area contributed by atoms with Crippen LogP contribution in [0.2, 0.25) is 0 Å². The first-order valence-corrected chi connectivity index (χ1v) is 10.00. The second-order valence-electron chi connectivity index (χ2n) is 6.29. The van der Waals surface area contributed by atoms with Gasteiger partial charge >= 0.3 is 0 Å². The molecule has 0 N–H and O–H groups in total. The molecule has 0 spiro atoms. The number of benzene rings is 1. The summed E-state index contributed by atoms with van der Waals surface area (Å²) in [6.07, 6.45) is 1.29. The SMILES string of the molecule is CN(C)C(=S)SCC(=O)N1CCOC(COc2ncnc3ccccc23)C1. The zero-order valence-corrected chi connectivity index (χ0v) is 17.0. The molecule has 3 rings (SSSR count). The number of hydrogen-bond donors (Lipinski definition) is 0. The quantitative estimate of drug-likeness (QED) is 0.697. The molecule has 1 aliphatic rings. The van der Waals surface area contributed by atoms with E-state index in [4.69, 9.17) is 21.7 Å². The first-order chi connectivity index (χ1) is 13.0. The number of morpholine rings is 1. The molecule has 1 fully saturated rings. The lowest BCUT2D eigenvalue weighted by Gasteiger charge is -2.32. The average molecular weight is 407 g/mol. The van der Waals surface area contributed by atoms with Crippen molar-refractivity contribution in [2.24, 2.45) is 0 Å². The Bertz CT molecular complexity index is 813. The Balaban J connectivity index is 1.54. The molecule has 7 nitrogen and oxygen atoms in total. The molecule has 1 saturated heterocycles. The van der Waals surface area contributed by atoms with Crippen LogP contribution in [0.3, 0.4) is 0 Å². The minimum atomic E-state index is -0.192. The topological polar surface area (TPSA) is 67.8 Å². The van der Waals surface area contributed by atoms with Gasteiger partial charge in [-0.15, -0.1) is 0 Å². The second kappa shape index (κ2) is 9.29. The number of ether oxygens (including phenoxy) is 2. The maximum Gasteiger partial charge on any atom is 0.233 e. The van der Waals surface area contributed by atoms with E-state index in [2.05, 4.69) is 9.97 Å². The molecular weight excluding hydrogens is 384 g/mol. The fourth-order valence-electron chi connectivity index (χ4n) is 2.66. The zero-order chi connectivity index (χ0) is 19.2. The second-order valence-corrected chi connectivity index (χ2v) is 7.90. The van der Waals surface area contributed by atoms with Crippen molar-refractivity contribution in [3.05, 3.63) is 30.6 Å². The van der Waals surface area contributed by atoms with Gasteiger partial charge in [0.1, 0.15) is 23.4 Å². The highest BCUT2D eigenvalue weighted by atomic mass is 32.2. The summed E-state index contributed by atoms with van der Waals surface area (Å²) in [6.45, 7) is 1.90. The van der Waals surface area contributed by atoms with Gasteiger partial charge in [-0.3, -0.25) is 4.79 Å². The van der Waals surface area contributed by atoms with E-state index < -0.39 is 0 Å². The molecule has 2 heterocycles. The van der Waals surface area contributed by atoms with Gasteiger partial charge < -0.3 is 19.3 Å². The van der Waals surface area contributed by atoms with Crippen molar-refractivity contribution in [2.45, 2.75) is 6.10 Å². The van der Waals surface area contributed by atoms with E-state index in [9.17, 15) is 4.79 Å². The van der Waals surface area contributed by atoms with E-state index in [1.807, 2.05) is 43.3 Å². The number of carbonyl (C=O) groups excluding carboxylic acids is 1. The standard InChI is InChI=1S/C18H22N4O3S2/c1-21(2)18(26)27-11-16(23)22-7-8-24-13(9-22)10-25-17-14-5-3-4-6-15(14)19-12-20-17/h3-6,12-13H,7-11H2,1-2H3. The van der Waals surface area contributed by atoms with Gasteiger partial charge in [0.15, 0.2) is 0 Å². The van der Waals surface area contributed by atoms with E-state index in [1.54, 1.807) is 4.90 Å². The summed E-state index contributed by atoms with van der Waals surface area (Å²) in [5.41, 5.74) is 0.831. The number of para-hydroxylation sites is 1. The largest absolute Gasteiger partial charge is 0.474 e. The maximum absolute atomic E-state index is 12.4. The van der Waals surface area contributed by atoms with Crippen LogP contribution in [0.25, 0.3) is 10.9 Å². The van der Waals surface area contributed by atoms with Crippen molar-refractivity contribution in [1.82, 2.24) is 19.8 Å². The van der Waals surface area contributed by atoms with Crippen LogP contribution in [0.15, 0.2) is 30.6 Å². The lowest BCUT2D eigenvalue weighted by Crippen LogP contribution is -2.48. The highest BCUT2D eigenvalue weighted by Gasteiger charge is 2.25. The van der Waals surface area contributed by atoms with Gasteiger partial charge in [-0.2, -0.15) is 0 Å². The van der Waals surface area contributed by atoms with Gasteiger partial charge in [0.25, 0.3) is 0 Å². The Morgan fingerprint density at radius 3 is 3.04 bits per heavy atom. The van der Waals surface area contributed by atoms with E-state index in [-0.39, 0.29) is 12.0 Å². The number of thioether (sulfide) groups is 1. The molecule has 1 aliphatic heterocycles. The number of carbonyl (C=O) groups is 1. The van der Waals surface area contributed by atoms with E-state index in [0.29, 0.717) is 42.3 Å². The first kappa shape index (κ1) is 19.8. The van der Waals surface area contributed by atoms with Gasteiger partial charge in [-0.25, -0.2) is 9.97 Å². The zero-order valence-electron chi connectivity index (χ0n) is 15.3. The normalized spacial score (nSPS) is 17.0. The molecule has 0 bridgehead atoms. The minimum absolute atomic E-state index is 0.0602. The van der Waals surface area contributed by atoms with Gasteiger partial charge in [0.05, 0.1) is 29.8 Å².